The molecule has 0 bridgehead atoms. The summed E-state index contributed by atoms with van der Waals surface area (Å²) in [4.78, 5) is 11.9. The predicted octanol–water partition coefficient (Wildman–Crippen LogP) is 2.53. The van der Waals surface area contributed by atoms with Crippen molar-refractivity contribution in [2.45, 2.75) is 19.4 Å². The van der Waals surface area contributed by atoms with Crippen LogP contribution >= 0.6 is 0 Å². The van der Waals surface area contributed by atoms with Gasteiger partial charge in [0.25, 0.3) is 5.54 Å². The van der Waals surface area contributed by atoms with Gasteiger partial charge in [-0.25, -0.2) is 11.1 Å². The topological polar surface area (TPSA) is 73.5 Å². The highest BCUT2D eigenvalue weighted by Gasteiger charge is 2.25. The smallest absolute Gasteiger partial charge is 0.252 e. The SMILES string of the molecule is [C-]#[N+]C(C)(C)c1ccc(-c2cncc3nc(N)nn23)cc1. The van der Waals surface area contributed by atoms with Gasteiger partial charge in [0.05, 0.1) is 18.1 Å². The summed E-state index contributed by atoms with van der Waals surface area (Å²) in [7, 11) is 0. The number of rotatable bonds is 2. The van der Waals surface area contributed by atoms with Gasteiger partial charge in [-0.15, -0.1) is 5.10 Å². The highest BCUT2D eigenvalue weighted by molar-refractivity contribution is 5.62. The van der Waals surface area contributed by atoms with Crippen LogP contribution < -0.4 is 5.73 Å². The monoisotopic (exact) mass is 278 g/mol. The molecule has 0 aliphatic heterocycles. The van der Waals surface area contributed by atoms with Gasteiger partial charge in [0.15, 0.2) is 5.65 Å². The van der Waals surface area contributed by atoms with Crippen LogP contribution in [0.5, 0.6) is 0 Å². The number of hydrogen-bond acceptors (Lipinski definition) is 4. The zero-order valence-corrected chi connectivity index (χ0v) is 11.8. The Kier molecular flexibility index (Phi) is 2.84. The molecule has 0 amide bonds. The first kappa shape index (κ1) is 13.1. The maximum Gasteiger partial charge on any atom is 0.252 e. The normalized spacial score (nSPS) is 11.5. The molecule has 2 N–H and O–H groups in total. The van der Waals surface area contributed by atoms with Crippen LogP contribution in [-0.4, -0.2) is 19.6 Å². The third-order valence-corrected chi connectivity index (χ3v) is 3.43. The molecule has 0 saturated carbocycles. The van der Waals surface area contributed by atoms with Crippen LogP contribution in [0.1, 0.15) is 19.4 Å². The van der Waals surface area contributed by atoms with E-state index in [4.69, 9.17) is 12.3 Å². The molecule has 3 rings (SSSR count). The van der Waals surface area contributed by atoms with Crippen molar-refractivity contribution >= 4 is 11.6 Å². The summed E-state index contributed by atoms with van der Waals surface area (Å²) >= 11 is 0. The minimum absolute atomic E-state index is 0.218. The molecule has 0 unspecified atom stereocenters. The minimum Gasteiger partial charge on any atom is -0.366 e. The van der Waals surface area contributed by atoms with Crippen molar-refractivity contribution in [1.82, 2.24) is 19.6 Å². The largest absolute Gasteiger partial charge is 0.366 e. The third kappa shape index (κ3) is 2.19. The fourth-order valence-electron chi connectivity index (χ4n) is 2.14. The zero-order chi connectivity index (χ0) is 15.0. The summed E-state index contributed by atoms with van der Waals surface area (Å²) in [6, 6.07) is 7.81. The van der Waals surface area contributed by atoms with Crippen molar-refractivity contribution in [3.05, 3.63) is 53.6 Å². The fraction of sp³-hybridized carbons (Fsp3) is 0.200. The number of anilines is 1. The average Bonchev–Trinajstić information content (AvgIpc) is 2.87. The molecule has 0 spiro atoms. The Bertz CT molecular complexity index is 839. The molecule has 6 heteroatoms. The number of nitrogens with two attached hydrogens (primary N) is 1. The zero-order valence-electron chi connectivity index (χ0n) is 11.8. The lowest BCUT2D eigenvalue weighted by atomic mass is 9.94. The summed E-state index contributed by atoms with van der Waals surface area (Å²) in [5.74, 6) is 0.218. The molecule has 0 aliphatic carbocycles. The van der Waals surface area contributed by atoms with Crippen LogP contribution in [-0.2, 0) is 5.54 Å². The van der Waals surface area contributed by atoms with Crippen molar-refractivity contribution in [3.8, 4) is 11.3 Å². The first-order chi connectivity index (χ1) is 10.0. The second-order valence-corrected chi connectivity index (χ2v) is 5.28. The lowest BCUT2D eigenvalue weighted by molar-refractivity contribution is 0.664. The van der Waals surface area contributed by atoms with E-state index in [1.165, 1.54) is 0 Å². The molecular weight excluding hydrogens is 264 g/mol. The first-order valence-electron chi connectivity index (χ1n) is 6.47. The van der Waals surface area contributed by atoms with Crippen LogP contribution in [0, 0.1) is 6.57 Å². The third-order valence-electron chi connectivity index (χ3n) is 3.43. The molecule has 2 aromatic heterocycles. The summed E-state index contributed by atoms with van der Waals surface area (Å²) in [5.41, 5.74) is 8.44. The van der Waals surface area contributed by atoms with E-state index in [2.05, 4.69) is 19.9 Å². The van der Waals surface area contributed by atoms with Gasteiger partial charge in [-0.3, -0.25) is 4.98 Å². The number of benzene rings is 1. The van der Waals surface area contributed by atoms with Gasteiger partial charge in [-0.2, -0.15) is 4.98 Å². The Labute approximate surface area is 122 Å². The molecule has 21 heavy (non-hydrogen) atoms. The summed E-state index contributed by atoms with van der Waals surface area (Å²) in [6.45, 7) is 11.0. The summed E-state index contributed by atoms with van der Waals surface area (Å²) in [5, 5.41) is 4.17. The summed E-state index contributed by atoms with van der Waals surface area (Å²) in [6.07, 6.45) is 3.33. The van der Waals surface area contributed by atoms with Gasteiger partial charge in [0, 0.05) is 25.0 Å². The maximum atomic E-state index is 7.25. The van der Waals surface area contributed by atoms with Gasteiger partial charge >= 0.3 is 0 Å². The van der Waals surface area contributed by atoms with Crippen molar-refractivity contribution < 1.29 is 0 Å². The number of fused-ring (bicyclic) bond motifs is 1. The van der Waals surface area contributed by atoms with E-state index in [1.807, 2.05) is 38.1 Å². The van der Waals surface area contributed by atoms with Crippen LogP contribution in [0.2, 0.25) is 0 Å². The Morgan fingerprint density at radius 3 is 2.57 bits per heavy atom. The molecule has 104 valence electrons. The highest BCUT2D eigenvalue weighted by atomic mass is 15.3. The van der Waals surface area contributed by atoms with E-state index in [1.54, 1.807) is 16.9 Å². The van der Waals surface area contributed by atoms with Gasteiger partial charge in [-0.1, -0.05) is 24.3 Å². The van der Waals surface area contributed by atoms with Gasteiger partial charge in [0.2, 0.25) is 5.95 Å². The molecule has 0 fully saturated rings. The molecule has 6 nitrogen and oxygen atoms in total. The molecule has 3 aromatic rings. The summed E-state index contributed by atoms with van der Waals surface area (Å²) < 4.78 is 1.66. The molecule has 0 aliphatic rings. The van der Waals surface area contributed by atoms with Gasteiger partial charge in [-0.05, 0) is 0 Å². The van der Waals surface area contributed by atoms with Crippen LogP contribution in [0.3, 0.4) is 0 Å². The average molecular weight is 278 g/mol. The second kappa shape index (κ2) is 4.56. The van der Waals surface area contributed by atoms with Crippen LogP contribution in [0.4, 0.5) is 5.95 Å². The highest BCUT2D eigenvalue weighted by Crippen LogP contribution is 2.27. The number of nitrogen functional groups attached to an aromatic ring is 1. The Morgan fingerprint density at radius 2 is 1.90 bits per heavy atom. The molecule has 1 aromatic carbocycles. The van der Waals surface area contributed by atoms with Crippen LogP contribution in [0.25, 0.3) is 21.7 Å². The standard InChI is InChI=1S/C15H14N6/c1-15(2,17-3)11-6-4-10(5-7-11)12-8-18-9-13-19-14(16)20-21(12)13/h4-9H,1-2H3,(H2,16,20). The van der Waals surface area contributed by atoms with E-state index < -0.39 is 5.54 Å². The first-order valence-corrected chi connectivity index (χ1v) is 6.47. The maximum absolute atomic E-state index is 7.25. The lowest BCUT2D eigenvalue weighted by Gasteiger charge is -2.12. The van der Waals surface area contributed by atoms with E-state index >= 15 is 0 Å². The van der Waals surface area contributed by atoms with Crippen molar-refractivity contribution in [2.75, 3.05) is 5.73 Å². The predicted molar refractivity (Wildman–Crippen MR) is 80.3 cm³/mol. The Hall–Kier alpha value is -2.94. The molecule has 0 radical (unpaired) electrons. The number of nitrogens with zero attached hydrogens (tertiary/aromatic N) is 5. The quantitative estimate of drug-likeness (QED) is 0.731. The molecule has 2 heterocycles. The molecule has 0 atom stereocenters. The van der Waals surface area contributed by atoms with E-state index in [0.717, 1.165) is 16.8 Å². The van der Waals surface area contributed by atoms with E-state index in [9.17, 15) is 0 Å². The lowest BCUT2D eigenvalue weighted by Crippen LogP contribution is -2.10. The Morgan fingerprint density at radius 1 is 1.19 bits per heavy atom. The fourth-order valence-corrected chi connectivity index (χ4v) is 2.14. The second-order valence-electron chi connectivity index (χ2n) is 5.28. The van der Waals surface area contributed by atoms with E-state index in [-0.39, 0.29) is 5.95 Å². The van der Waals surface area contributed by atoms with Crippen LogP contribution in [0.15, 0.2) is 36.7 Å². The van der Waals surface area contributed by atoms with Crippen molar-refractivity contribution in [2.24, 2.45) is 0 Å². The van der Waals surface area contributed by atoms with Gasteiger partial charge < -0.3 is 10.6 Å². The van der Waals surface area contributed by atoms with Gasteiger partial charge in [0.1, 0.15) is 0 Å². The van der Waals surface area contributed by atoms with E-state index in [0.29, 0.717) is 5.65 Å². The molecule has 0 saturated heterocycles. The minimum atomic E-state index is -0.527. The number of aromatic nitrogens is 4. The van der Waals surface area contributed by atoms with Crippen molar-refractivity contribution in [1.29, 1.82) is 0 Å². The van der Waals surface area contributed by atoms with Crippen molar-refractivity contribution in [3.63, 3.8) is 0 Å². The molecular formula is C15H14N6. The Balaban J connectivity index is 2.10. The number of hydrogen-bond donors (Lipinski definition) is 1.